The van der Waals surface area contributed by atoms with Crippen molar-refractivity contribution in [3.63, 3.8) is 0 Å². The molecule has 2 aromatic heterocycles. The van der Waals surface area contributed by atoms with E-state index in [4.69, 9.17) is 20.7 Å². The first-order chi connectivity index (χ1) is 33.8. The van der Waals surface area contributed by atoms with Gasteiger partial charge in [0.1, 0.15) is 48.1 Å². The molecule has 4 fully saturated rings. The third-order valence-electron chi connectivity index (χ3n) is 13.5. The van der Waals surface area contributed by atoms with Gasteiger partial charge in [0.2, 0.25) is 0 Å². The van der Waals surface area contributed by atoms with E-state index < -0.39 is 23.5 Å². The van der Waals surface area contributed by atoms with E-state index in [9.17, 15) is 23.5 Å². The number of hydrogen-bond acceptors (Lipinski definition) is 11. The number of carbonyl (C=O) groups excluding carboxylic acids is 2. The zero-order chi connectivity index (χ0) is 51.4. The lowest BCUT2D eigenvalue weighted by atomic mass is 9.96. The summed E-state index contributed by atoms with van der Waals surface area (Å²) in [6.45, 7) is 12.0. The molecule has 0 radical (unpaired) electrons. The molecule has 15 heteroatoms. The SMILES string of the molecule is C#Cc1c(F)ccc2cc(O)cc(-c3ncc4c(N5CCCCC(N(C)C)C5)nc(=O)[nH]c4c3F)c12.C=O.CC.COCc1ccc(OC)cc1.C[C@@]12CCCN1C[C@H](F)C2.O=CCCC1CCCC1. The highest BCUT2D eigenvalue weighted by atomic mass is 19.1. The molecule has 9 rings (SSSR count). The van der Waals surface area contributed by atoms with Crippen molar-refractivity contribution in [3.8, 4) is 35.1 Å². The Hall–Kier alpha value is -5.82. The largest absolute Gasteiger partial charge is 0.508 e. The van der Waals surface area contributed by atoms with Crippen molar-refractivity contribution in [2.75, 3.05) is 59.4 Å². The van der Waals surface area contributed by atoms with Crippen molar-refractivity contribution < 1.29 is 37.3 Å². The summed E-state index contributed by atoms with van der Waals surface area (Å²) in [5.41, 5.74) is 0.546. The van der Waals surface area contributed by atoms with Crippen molar-refractivity contribution in [2.45, 2.75) is 122 Å². The lowest BCUT2D eigenvalue weighted by Crippen LogP contribution is -2.40. The number of terminal acetylenes is 1. The van der Waals surface area contributed by atoms with Crippen LogP contribution < -0.4 is 15.3 Å². The summed E-state index contributed by atoms with van der Waals surface area (Å²) in [6.07, 6.45) is 21.2. The molecule has 4 aliphatic rings. The quantitative estimate of drug-likeness (QED) is 0.108. The molecule has 5 aromatic rings. The van der Waals surface area contributed by atoms with E-state index in [1.165, 1.54) is 69.0 Å². The number of hydrogen-bond donors (Lipinski definition) is 2. The second-order valence-corrected chi connectivity index (χ2v) is 18.3. The van der Waals surface area contributed by atoms with E-state index in [-0.39, 0.29) is 45.1 Å². The molecule has 1 saturated carbocycles. The maximum absolute atomic E-state index is 16.0. The van der Waals surface area contributed by atoms with Crippen molar-refractivity contribution in [3.05, 3.63) is 88.0 Å². The van der Waals surface area contributed by atoms with Gasteiger partial charge >= 0.3 is 5.69 Å². The van der Waals surface area contributed by atoms with Gasteiger partial charge in [-0.1, -0.05) is 70.1 Å². The van der Waals surface area contributed by atoms with Gasteiger partial charge in [-0.15, -0.1) is 6.42 Å². The number of halogens is 3. The summed E-state index contributed by atoms with van der Waals surface area (Å²) in [4.78, 5) is 48.0. The van der Waals surface area contributed by atoms with E-state index in [0.29, 0.717) is 42.8 Å². The third-order valence-corrected chi connectivity index (χ3v) is 13.5. The molecule has 0 amide bonds. The Bertz CT molecular complexity index is 2530. The van der Waals surface area contributed by atoms with Crippen molar-refractivity contribution >= 4 is 40.6 Å². The van der Waals surface area contributed by atoms with Crippen molar-refractivity contribution in [1.82, 2.24) is 24.8 Å². The first kappa shape index (κ1) is 56.8. The van der Waals surface area contributed by atoms with E-state index >= 15 is 4.39 Å². The standard InChI is InChI=1S/C27H25F2N5O2.C9H12O2.C8H14FN.C8H14O.C2H6.CH2O/c1-4-18-21(28)9-8-15-11-17(35)12-19(22(15)18)24-23(29)25-20(13-30-24)26(32-27(36)31-25)34-10-6-5-7-16(14-34)33(2)3;1-10-7-8-3-5-9(11-2)6-4-8;1-8-3-2-4-10(8)6-7(9)5-8;9-7-3-6-8-4-1-2-5-8;2*1-2/h1,8-9,11-13,16,35H,5-7,10,14H2,2-3H3,(H,31,32,36);3-6H,7H2,1-2H3;7H,2-6H2,1H3;7-8H,1-6H2;1-2H3;1H2/t;;7-,8+;;;/m..1.../s1. The number of aldehydes is 1. The van der Waals surface area contributed by atoms with Gasteiger partial charge in [0.25, 0.3) is 0 Å². The number of methoxy groups -OCH3 is 2. The highest BCUT2D eigenvalue weighted by Gasteiger charge is 2.44. The molecule has 0 spiro atoms. The Morgan fingerprint density at radius 2 is 1.70 bits per heavy atom. The molecule has 3 atom stereocenters. The number of pyridine rings is 1. The van der Waals surface area contributed by atoms with E-state index in [1.54, 1.807) is 14.2 Å². The van der Waals surface area contributed by atoms with Crippen molar-refractivity contribution in [2.24, 2.45) is 5.92 Å². The molecular formula is C55H73F3N6O6. The second kappa shape index (κ2) is 28.1. The van der Waals surface area contributed by atoms with E-state index in [2.05, 4.69) is 37.6 Å². The fraction of sp³-hybridized carbons (Fsp3) is 0.509. The molecule has 2 N–H and O–H groups in total. The Kier molecular flexibility index (Phi) is 22.8. The number of aromatic nitrogens is 3. The first-order valence-corrected chi connectivity index (χ1v) is 24.4. The molecular weight excluding hydrogens is 898 g/mol. The molecule has 3 saturated heterocycles. The Morgan fingerprint density at radius 1 is 1.00 bits per heavy atom. The third kappa shape index (κ3) is 14.9. The van der Waals surface area contributed by atoms with E-state index in [1.807, 2.05) is 63.9 Å². The molecule has 70 heavy (non-hydrogen) atoms. The maximum Gasteiger partial charge on any atom is 0.347 e. The summed E-state index contributed by atoms with van der Waals surface area (Å²) in [5.74, 6) is 2.84. The average molecular weight is 971 g/mol. The van der Waals surface area contributed by atoms with Crippen LogP contribution in [0.2, 0.25) is 0 Å². The Balaban J connectivity index is 0.000000252. The highest BCUT2D eigenvalue weighted by Crippen LogP contribution is 2.40. The topological polar surface area (TPSA) is 141 Å². The van der Waals surface area contributed by atoms with Crippen LogP contribution in [0.15, 0.2) is 59.5 Å². The number of H-pyrrole nitrogens is 1. The molecule has 380 valence electrons. The lowest BCUT2D eigenvalue weighted by molar-refractivity contribution is -0.108. The van der Waals surface area contributed by atoms with Crippen LogP contribution in [0.1, 0.15) is 109 Å². The van der Waals surface area contributed by atoms with Gasteiger partial charge in [0.15, 0.2) is 5.82 Å². The number of aromatic amines is 1. The van der Waals surface area contributed by atoms with Crippen molar-refractivity contribution in [1.29, 1.82) is 0 Å². The minimum Gasteiger partial charge on any atom is -0.508 e. The average Bonchev–Trinajstić information content (AvgIpc) is 4.02. The van der Waals surface area contributed by atoms with Crippen LogP contribution in [0.5, 0.6) is 11.5 Å². The molecule has 5 heterocycles. The normalized spacial score (nSPS) is 19.6. The number of phenols is 1. The number of rotatable bonds is 9. The molecule has 1 aliphatic carbocycles. The number of nitrogens with one attached hydrogen (secondary N) is 1. The van der Waals surface area contributed by atoms with Gasteiger partial charge in [-0.3, -0.25) is 9.88 Å². The van der Waals surface area contributed by atoms with Crippen LogP contribution >= 0.6 is 0 Å². The first-order valence-electron chi connectivity index (χ1n) is 24.4. The van der Waals surface area contributed by atoms with Crippen LogP contribution in [0.4, 0.5) is 19.0 Å². The number of aromatic hydroxyl groups is 1. The minimum absolute atomic E-state index is 0.0594. The maximum atomic E-state index is 16.0. The minimum atomic E-state index is -0.814. The number of carbonyl (C=O) groups is 2. The number of alkyl halides is 1. The summed E-state index contributed by atoms with van der Waals surface area (Å²) in [6, 6.07) is 13.4. The predicted molar refractivity (Wildman–Crippen MR) is 274 cm³/mol. The number of benzene rings is 3. The predicted octanol–water partition coefficient (Wildman–Crippen LogP) is 10.4. The van der Waals surface area contributed by atoms with Gasteiger partial charge < -0.3 is 39.0 Å². The van der Waals surface area contributed by atoms with Crippen LogP contribution in [0, 0.1) is 29.9 Å². The van der Waals surface area contributed by atoms with Gasteiger partial charge in [0, 0.05) is 61.9 Å². The molecule has 12 nitrogen and oxygen atoms in total. The number of nitrogens with zero attached hydrogens (tertiary/aromatic N) is 5. The molecule has 1 unspecified atom stereocenters. The number of fused-ring (bicyclic) bond motifs is 3. The second-order valence-electron chi connectivity index (χ2n) is 18.3. The van der Waals surface area contributed by atoms with Crippen LogP contribution in [0.25, 0.3) is 32.9 Å². The Labute approximate surface area is 412 Å². The number of phenolic OH excluding ortho intramolecular Hbond substituents is 1. The van der Waals surface area contributed by atoms with Crippen LogP contribution in [-0.4, -0.2) is 115 Å². The number of likely N-dealkylation sites (N-methyl/N-ethyl adjacent to an activating group) is 1. The van der Waals surface area contributed by atoms with Gasteiger partial charge in [-0.25, -0.2) is 18.0 Å². The fourth-order valence-electron chi connectivity index (χ4n) is 9.88. The summed E-state index contributed by atoms with van der Waals surface area (Å²) >= 11 is 0. The molecule has 0 bridgehead atoms. The molecule has 3 aromatic carbocycles. The van der Waals surface area contributed by atoms with E-state index in [0.717, 1.165) is 68.6 Å². The summed E-state index contributed by atoms with van der Waals surface area (Å²) < 4.78 is 53.4. The summed E-state index contributed by atoms with van der Waals surface area (Å²) in [5, 5.41) is 11.3. The van der Waals surface area contributed by atoms with Gasteiger partial charge in [0.05, 0.1) is 30.2 Å². The smallest absolute Gasteiger partial charge is 0.347 e. The van der Waals surface area contributed by atoms with Gasteiger partial charge in [-0.2, -0.15) is 4.98 Å². The zero-order valence-corrected chi connectivity index (χ0v) is 42.2. The Morgan fingerprint density at radius 3 is 2.33 bits per heavy atom. The monoisotopic (exact) mass is 971 g/mol. The lowest BCUT2D eigenvalue weighted by Gasteiger charge is -2.29. The summed E-state index contributed by atoms with van der Waals surface area (Å²) in [7, 11) is 7.37. The van der Waals surface area contributed by atoms with Crippen LogP contribution in [-0.2, 0) is 20.9 Å². The number of anilines is 1. The highest BCUT2D eigenvalue weighted by molar-refractivity contribution is 6.03. The van der Waals surface area contributed by atoms with Crippen LogP contribution in [0.3, 0.4) is 0 Å². The molecule has 3 aliphatic heterocycles. The number of ether oxygens (including phenoxy) is 2. The zero-order valence-electron chi connectivity index (χ0n) is 42.2. The van der Waals surface area contributed by atoms with Gasteiger partial charge in [-0.05, 0) is 113 Å². The fourth-order valence-corrected chi connectivity index (χ4v) is 9.88.